The van der Waals surface area contributed by atoms with E-state index in [2.05, 4.69) is 0 Å². The van der Waals surface area contributed by atoms with E-state index in [9.17, 15) is 18.3 Å². The maximum absolute atomic E-state index is 13.4. The minimum atomic E-state index is -3.98. The molecule has 162 valence electrons. The summed E-state index contributed by atoms with van der Waals surface area (Å²) < 4.78 is 29.3. The van der Waals surface area contributed by atoms with Gasteiger partial charge in [0.25, 0.3) is 10.2 Å². The van der Waals surface area contributed by atoms with Gasteiger partial charge in [-0.3, -0.25) is 4.79 Å². The molecule has 1 saturated heterocycles. The van der Waals surface area contributed by atoms with Crippen LogP contribution in [0.3, 0.4) is 0 Å². The Kier molecular flexibility index (Phi) is 6.86. The van der Waals surface area contributed by atoms with Gasteiger partial charge in [-0.1, -0.05) is 6.42 Å². The van der Waals surface area contributed by atoms with E-state index < -0.39 is 46.3 Å². The number of hydrogen-bond acceptors (Lipinski definition) is 7. The molecule has 28 heavy (non-hydrogen) atoms. The molecule has 0 bridgehead atoms. The van der Waals surface area contributed by atoms with E-state index in [0.717, 1.165) is 17.1 Å². The molecule has 1 unspecified atom stereocenters. The molecule has 2 fully saturated rings. The van der Waals surface area contributed by atoms with Crippen molar-refractivity contribution in [3.8, 4) is 0 Å². The molecule has 0 aromatic heterocycles. The Morgan fingerprint density at radius 3 is 2.29 bits per heavy atom. The van der Waals surface area contributed by atoms with E-state index in [0.29, 0.717) is 6.42 Å². The second-order valence-electron chi connectivity index (χ2n) is 8.59. The van der Waals surface area contributed by atoms with Gasteiger partial charge in [-0.15, -0.1) is 0 Å². The molecule has 0 aromatic rings. The van der Waals surface area contributed by atoms with Crippen LogP contribution in [0.2, 0.25) is 6.32 Å². The number of nitrogens with two attached hydrogens (primary N) is 2. The number of rotatable bonds is 10. The predicted molar refractivity (Wildman–Crippen MR) is 105 cm³/mol. The topological polar surface area (TPSA) is 170 Å². The molecule has 1 aliphatic heterocycles. The van der Waals surface area contributed by atoms with Crippen LogP contribution in [-0.2, 0) is 15.0 Å². The van der Waals surface area contributed by atoms with Gasteiger partial charge in [0.15, 0.2) is 0 Å². The van der Waals surface area contributed by atoms with Crippen LogP contribution in [0.5, 0.6) is 0 Å². The third-order valence-corrected chi connectivity index (χ3v) is 8.35. The van der Waals surface area contributed by atoms with Gasteiger partial charge in [-0.25, -0.2) is 0 Å². The molecule has 12 heteroatoms. The molecule has 3 atom stereocenters. The Hall–Kier alpha value is -0.755. The molecule has 0 spiro atoms. The molecule has 1 heterocycles. The average Bonchev–Trinajstić information content (AvgIpc) is 3.20. The second kappa shape index (κ2) is 8.17. The van der Waals surface area contributed by atoms with Crippen LogP contribution in [0, 0.1) is 5.92 Å². The summed E-state index contributed by atoms with van der Waals surface area (Å²) in [7, 11) is -5.47. The number of aliphatic carboxylic acids is 1. The van der Waals surface area contributed by atoms with E-state index >= 15 is 0 Å². The maximum Gasteiger partial charge on any atom is 0.451 e. The number of carbonyl (C=O) groups is 1. The first kappa shape index (κ1) is 23.5. The molecular formula is C16H33BN4O6S. The minimum absolute atomic E-state index is 0.0276. The number of nitrogens with zero attached hydrogens (tertiary/aromatic N) is 2. The fourth-order valence-electron chi connectivity index (χ4n) is 4.07. The summed E-state index contributed by atoms with van der Waals surface area (Å²) in [5, 5.41) is 27.7. The van der Waals surface area contributed by atoms with Crippen molar-refractivity contribution < 1.29 is 28.4 Å². The number of hydrogen-bond donors (Lipinski definition) is 5. The molecule has 10 nitrogen and oxygen atoms in total. The highest BCUT2D eigenvalue weighted by Crippen LogP contribution is 2.41. The van der Waals surface area contributed by atoms with Crippen LogP contribution < -0.4 is 11.5 Å². The van der Waals surface area contributed by atoms with Crippen molar-refractivity contribution >= 4 is 23.3 Å². The smallest absolute Gasteiger partial charge is 0.451 e. The molecular weight excluding hydrogens is 387 g/mol. The Morgan fingerprint density at radius 1 is 1.29 bits per heavy atom. The standard InChI is InChI=1S/C16H33BN4O6S/c1-11(2)21(12(3)15(18)6-7-15)28(26,27)20-9-13(5-4-8-17(24)25)16(19,10-20)14(22)23/h11-13,24-25H,4-10,18-19H2,1-3H3,(H,22,23)/t12?,13-,16-/m0/s1. The summed E-state index contributed by atoms with van der Waals surface area (Å²) in [5.41, 5.74) is 10.1. The van der Waals surface area contributed by atoms with Gasteiger partial charge in [0, 0.05) is 36.6 Å². The molecule has 1 saturated carbocycles. The van der Waals surface area contributed by atoms with Crippen LogP contribution >= 0.6 is 0 Å². The summed E-state index contributed by atoms with van der Waals surface area (Å²) in [4.78, 5) is 11.8. The highest BCUT2D eigenvalue weighted by molar-refractivity contribution is 7.86. The van der Waals surface area contributed by atoms with Crippen LogP contribution in [0.15, 0.2) is 0 Å². The van der Waals surface area contributed by atoms with Crippen LogP contribution in [0.1, 0.15) is 46.5 Å². The first-order valence-corrected chi connectivity index (χ1v) is 11.1. The molecule has 7 N–H and O–H groups in total. The Morgan fingerprint density at radius 2 is 1.86 bits per heavy atom. The van der Waals surface area contributed by atoms with Gasteiger partial charge in [0.1, 0.15) is 5.54 Å². The summed E-state index contributed by atoms with van der Waals surface area (Å²) in [6.07, 6.45) is 2.18. The van der Waals surface area contributed by atoms with Crippen molar-refractivity contribution in [2.45, 2.75) is 75.9 Å². The zero-order valence-electron chi connectivity index (χ0n) is 16.8. The predicted octanol–water partition coefficient (Wildman–Crippen LogP) is -1.21. The van der Waals surface area contributed by atoms with Crippen molar-refractivity contribution in [1.82, 2.24) is 8.61 Å². The summed E-state index contributed by atoms with van der Waals surface area (Å²) in [6, 6.07) is -0.764. The summed E-state index contributed by atoms with van der Waals surface area (Å²) in [6.45, 7) is 4.96. The lowest BCUT2D eigenvalue weighted by molar-refractivity contribution is -0.144. The largest absolute Gasteiger partial charge is 0.480 e. The minimum Gasteiger partial charge on any atom is -0.480 e. The van der Waals surface area contributed by atoms with Crippen LogP contribution in [-0.4, -0.2) is 81.5 Å². The number of carboxylic acid groups (broad SMARTS) is 1. The highest BCUT2D eigenvalue weighted by Gasteiger charge is 2.56. The first-order chi connectivity index (χ1) is 12.8. The molecule has 2 rings (SSSR count). The highest BCUT2D eigenvalue weighted by atomic mass is 32.2. The Labute approximate surface area is 167 Å². The van der Waals surface area contributed by atoms with Crippen LogP contribution in [0.25, 0.3) is 0 Å². The lowest BCUT2D eigenvalue weighted by Crippen LogP contribution is -2.58. The SMILES string of the molecule is CC(C)N(C(C)C1(N)CC1)S(=O)(=O)N1C[C@H](CCCB(O)O)[C@](N)(C(=O)O)C1. The first-order valence-electron chi connectivity index (χ1n) is 9.71. The third-order valence-electron chi connectivity index (χ3n) is 6.15. The van der Waals surface area contributed by atoms with Crippen molar-refractivity contribution in [3.63, 3.8) is 0 Å². The zero-order valence-corrected chi connectivity index (χ0v) is 17.6. The molecule has 0 aromatic carbocycles. The summed E-state index contributed by atoms with van der Waals surface area (Å²) >= 11 is 0. The van der Waals surface area contributed by atoms with E-state index in [1.165, 1.54) is 4.31 Å². The van der Waals surface area contributed by atoms with Crippen molar-refractivity contribution in [2.75, 3.05) is 13.1 Å². The van der Waals surface area contributed by atoms with E-state index in [1.807, 2.05) is 0 Å². The van der Waals surface area contributed by atoms with E-state index in [-0.39, 0.29) is 31.9 Å². The Balaban J connectivity index is 2.25. The van der Waals surface area contributed by atoms with Gasteiger partial charge >= 0.3 is 13.1 Å². The molecule has 0 amide bonds. The maximum atomic E-state index is 13.4. The molecule has 2 aliphatic rings. The number of carboxylic acids is 1. The summed E-state index contributed by atoms with van der Waals surface area (Å²) in [5.74, 6) is -1.89. The third kappa shape index (κ3) is 4.53. The Bertz CT molecular complexity index is 687. The van der Waals surface area contributed by atoms with Gasteiger partial charge in [0.05, 0.1) is 0 Å². The molecule has 0 radical (unpaired) electrons. The fourth-order valence-corrected chi connectivity index (χ4v) is 6.22. The van der Waals surface area contributed by atoms with Gasteiger partial charge in [-0.05, 0) is 46.4 Å². The lowest BCUT2D eigenvalue weighted by atomic mass is 9.78. The quantitative estimate of drug-likeness (QED) is 0.274. The average molecular weight is 420 g/mol. The van der Waals surface area contributed by atoms with Crippen molar-refractivity contribution in [1.29, 1.82) is 0 Å². The zero-order chi connectivity index (χ0) is 21.5. The second-order valence-corrected chi connectivity index (χ2v) is 10.4. The lowest BCUT2D eigenvalue weighted by Gasteiger charge is -2.37. The normalized spacial score (nSPS) is 28.7. The van der Waals surface area contributed by atoms with Crippen molar-refractivity contribution in [3.05, 3.63) is 0 Å². The molecule has 1 aliphatic carbocycles. The van der Waals surface area contributed by atoms with E-state index in [4.69, 9.17) is 21.5 Å². The van der Waals surface area contributed by atoms with Gasteiger partial charge in [-0.2, -0.15) is 17.0 Å². The fraction of sp³-hybridized carbons (Fsp3) is 0.938. The van der Waals surface area contributed by atoms with Crippen LogP contribution in [0.4, 0.5) is 0 Å². The van der Waals surface area contributed by atoms with E-state index in [1.54, 1.807) is 20.8 Å². The van der Waals surface area contributed by atoms with Crippen molar-refractivity contribution in [2.24, 2.45) is 17.4 Å². The monoisotopic (exact) mass is 420 g/mol. The van der Waals surface area contributed by atoms with Gasteiger partial charge in [0.2, 0.25) is 0 Å². The van der Waals surface area contributed by atoms with Gasteiger partial charge < -0.3 is 26.6 Å².